The first-order valence-electron chi connectivity index (χ1n) is 15.3. The van der Waals surface area contributed by atoms with Crippen molar-refractivity contribution in [2.24, 2.45) is 0 Å². The number of nitrogens with zero attached hydrogens (tertiary/aromatic N) is 2. The van der Waals surface area contributed by atoms with E-state index in [1.807, 2.05) is 24.5 Å². The summed E-state index contributed by atoms with van der Waals surface area (Å²) in [6.07, 6.45) is 0.281. The molecule has 0 saturated heterocycles. The average molecular weight is 929 g/mol. The Morgan fingerprint density at radius 1 is 0.390 bits per heavy atom. The number of rotatable bonds is 6. The van der Waals surface area contributed by atoms with Crippen LogP contribution in [0.5, 0.6) is 0 Å². The van der Waals surface area contributed by atoms with Crippen LogP contribution in [-0.4, -0.2) is 11.1 Å². The van der Waals surface area contributed by atoms with Gasteiger partial charge in [0.25, 0.3) is 0 Å². The number of benzene rings is 5. The molecule has 0 aliphatic carbocycles. The molecule has 0 spiro atoms. The first kappa shape index (κ1) is 44.4. The van der Waals surface area contributed by atoms with Gasteiger partial charge in [0.2, 0.25) is 0 Å². The molecule has 0 aliphatic rings. The molecule has 24 heteroatoms. The molecular formula is C35H10BBrF20N2. The predicted molar refractivity (Wildman–Crippen MR) is 167 cm³/mol. The Morgan fingerprint density at radius 2 is 0.644 bits per heavy atom. The quantitative estimate of drug-likeness (QED) is 0.0544. The minimum Gasteiger partial charge on any atom is -0.252 e. The molecule has 0 bridgehead atoms. The van der Waals surface area contributed by atoms with E-state index in [0.29, 0.717) is 0 Å². The maximum absolute atomic E-state index is 15.4. The summed E-state index contributed by atoms with van der Waals surface area (Å²) in [4.78, 5) is 3.97. The smallest absolute Gasteiger partial charge is 0.200 e. The zero-order chi connectivity index (χ0) is 44.2. The fraction of sp³-hybridized carbons (Fsp3) is 0.0286. The van der Waals surface area contributed by atoms with Crippen LogP contribution in [0.25, 0.3) is 0 Å². The average Bonchev–Trinajstić information content (AvgIpc) is 3.21. The highest BCUT2D eigenvalue weighted by Crippen LogP contribution is 2.30. The Bertz CT molecular complexity index is 2280. The first-order valence-corrected chi connectivity index (χ1v) is 16.1. The van der Waals surface area contributed by atoms with Crippen molar-refractivity contribution in [3.05, 3.63) is 175 Å². The van der Waals surface area contributed by atoms with Crippen LogP contribution in [0.15, 0.2) is 53.5 Å². The van der Waals surface area contributed by atoms with Crippen LogP contribution in [0.3, 0.4) is 0 Å². The largest absolute Gasteiger partial charge is 0.252 e. The Morgan fingerprint density at radius 3 is 0.898 bits per heavy atom. The monoisotopic (exact) mass is 928 g/mol. The lowest BCUT2D eigenvalue weighted by atomic mass is 9.12. The van der Waals surface area contributed by atoms with E-state index in [0.717, 1.165) is 11.0 Å². The van der Waals surface area contributed by atoms with E-state index in [1.165, 1.54) is 5.56 Å². The van der Waals surface area contributed by atoms with Crippen molar-refractivity contribution < 1.29 is 92.4 Å². The van der Waals surface area contributed by atoms with Crippen LogP contribution in [0.1, 0.15) is 5.56 Å². The Labute approximate surface area is 323 Å². The molecule has 0 N–H and O–H groups in total. The topological polar surface area (TPSA) is 16.8 Å². The molecule has 5 aromatic carbocycles. The minimum atomic E-state index is -7.22. The van der Waals surface area contributed by atoms with Crippen LogP contribution in [0.2, 0.25) is 0 Å². The summed E-state index contributed by atoms with van der Waals surface area (Å²) < 4.78 is 297. The van der Waals surface area contributed by atoms with E-state index in [4.69, 9.17) is 0 Å². The Balaban J connectivity index is 0.000000395. The van der Waals surface area contributed by atoms with Gasteiger partial charge in [-0.25, -0.2) is 87.8 Å². The molecule has 0 amide bonds. The van der Waals surface area contributed by atoms with Crippen molar-refractivity contribution in [2.45, 2.75) is 6.54 Å². The van der Waals surface area contributed by atoms with Crippen molar-refractivity contribution in [3.8, 4) is 0 Å². The molecule has 1 heterocycles. The highest BCUT2D eigenvalue weighted by molar-refractivity contribution is 9.10. The third-order valence-corrected chi connectivity index (χ3v) is 9.14. The summed E-state index contributed by atoms with van der Waals surface area (Å²) in [7, 11) is 0. The number of aromatic nitrogens is 2. The van der Waals surface area contributed by atoms with Gasteiger partial charge in [-0.15, -0.1) is 21.9 Å². The van der Waals surface area contributed by atoms with Crippen molar-refractivity contribution in [3.63, 3.8) is 0 Å². The first-order chi connectivity index (χ1) is 27.5. The van der Waals surface area contributed by atoms with Crippen molar-refractivity contribution >= 4 is 43.9 Å². The van der Waals surface area contributed by atoms with E-state index in [-0.39, 0.29) is 0 Å². The van der Waals surface area contributed by atoms with Gasteiger partial charge in [-0.1, -0.05) is 28.1 Å². The van der Waals surface area contributed by atoms with Gasteiger partial charge in [0.05, 0.1) is 12.4 Å². The van der Waals surface area contributed by atoms with E-state index < -0.39 is 144 Å². The lowest BCUT2D eigenvalue weighted by Gasteiger charge is -2.44. The van der Waals surface area contributed by atoms with E-state index >= 15 is 35.1 Å². The number of halogens is 21. The van der Waals surface area contributed by atoms with E-state index in [1.54, 1.807) is 12.4 Å². The fourth-order valence-corrected chi connectivity index (χ4v) is 6.62. The molecular weight excluding hydrogens is 919 g/mol. The van der Waals surface area contributed by atoms with Crippen LogP contribution >= 0.6 is 15.9 Å². The molecule has 0 atom stereocenters. The molecule has 6 rings (SSSR count). The second-order valence-corrected chi connectivity index (χ2v) is 12.8. The molecule has 310 valence electrons. The van der Waals surface area contributed by atoms with Crippen LogP contribution in [0.4, 0.5) is 87.8 Å². The van der Waals surface area contributed by atoms with Gasteiger partial charge in [0, 0.05) is 10.0 Å². The minimum absolute atomic E-state index is 0.877. The third-order valence-electron chi connectivity index (χ3n) is 8.65. The summed E-state index contributed by atoms with van der Waals surface area (Å²) in [6, 6.07) is 8.30. The summed E-state index contributed by atoms with van der Waals surface area (Å²) in [5.41, 5.74) is -13.1. The SMILES string of the molecule is Brc1cccc(C[n+]2ccncc2)c1.Fc1c(F)c(F)c([B-](c2c(F)c(F)c(F)c(F)c2F)(c2c(F)c(F)c(F)c(F)c2F)c2c(F)c(F)c(F)c(F)c2F)c(F)c1F. The lowest BCUT2D eigenvalue weighted by Crippen LogP contribution is -2.81. The summed E-state index contributed by atoms with van der Waals surface area (Å²) in [6.45, 7) is 0.877. The van der Waals surface area contributed by atoms with Gasteiger partial charge in [-0.05, 0) is 12.1 Å². The zero-order valence-electron chi connectivity index (χ0n) is 27.7. The van der Waals surface area contributed by atoms with Gasteiger partial charge >= 0.3 is 0 Å². The number of hydrogen-bond donors (Lipinski definition) is 0. The standard InChI is InChI=1S/C24BF20.C11H10BrN2/c26-5-1(6(27)14(35)21(42)13(5)34)25(2-7(28)15(36)22(43)16(37)8(2)29,3-9(30)17(38)23(44)18(39)10(3)31)4-11(32)19(40)24(45)20(41)12(4)33;12-11-3-1-2-10(8-11)9-14-6-4-13-5-7-14/h;1-8H,9H2/q-1;+1. The van der Waals surface area contributed by atoms with Crippen LogP contribution in [-0.2, 0) is 6.54 Å². The lowest BCUT2D eigenvalue weighted by molar-refractivity contribution is -0.688. The van der Waals surface area contributed by atoms with Crippen LogP contribution < -0.4 is 26.4 Å². The van der Waals surface area contributed by atoms with Crippen molar-refractivity contribution in [1.82, 2.24) is 4.98 Å². The summed E-state index contributed by atoms with van der Waals surface area (Å²) >= 11 is 3.45. The maximum atomic E-state index is 15.4. The fourth-order valence-electron chi connectivity index (χ4n) is 6.17. The highest BCUT2D eigenvalue weighted by Gasteiger charge is 2.52. The molecule has 2 nitrogen and oxygen atoms in total. The second-order valence-electron chi connectivity index (χ2n) is 11.8. The van der Waals surface area contributed by atoms with Gasteiger partial charge in [-0.3, -0.25) is 4.98 Å². The Kier molecular flexibility index (Phi) is 12.4. The second kappa shape index (κ2) is 16.5. The molecule has 0 aliphatic heterocycles. The maximum Gasteiger partial charge on any atom is 0.200 e. The molecule has 0 fully saturated rings. The van der Waals surface area contributed by atoms with Gasteiger partial charge in [0.1, 0.15) is 52.7 Å². The predicted octanol–water partition coefficient (Wildman–Crippen LogP) is 8.03. The summed E-state index contributed by atoms with van der Waals surface area (Å²) in [5.74, 6) is -71.4. The van der Waals surface area contributed by atoms with Crippen molar-refractivity contribution in [2.75, 3.05) is 0 Å². The Hall–Kier alpha value is -5.68. The summed E-state index contributed by atoms with van der Waals surface area (Å²) in [5, 5.41) is 0. The molecule has 0 radical (unpaired) electrons. The van der Waals surface area contributed by atoms with Crippen LogP contribution in [0, 0.1) is 116 Å². The van der Waals surface area contributed by atoms with Gasteiger partial charge in [-0.2, -0.15) is 4.57 Å². The molecule has 6 aromatic rings. The normalized spacial score (nSPS) is 11.5. The van der Waals surface area contributed by atoms with Gasteiger partial charge < -0.3 is 0 Å². The third kappa shape index (κ3) is 7.13. The van der Waals surface area contributed by atoms with Crippen molar-refractivity contribution in [1.29, 1.82) is 0 Å². The number of hydrogen-bond acceptors (Lipinski definition) is 1. The molecule has 0 unspecified atom stereocenters. The molecule has 59 heavy (non-hydrogen) atoms. The van der Waals surface area contributed by atoms with E-state index in [9.17, 15) is 52.7 Å². The molecule has 1 aromatic heterocycles. The van der Waals surface area contributed by atoms with E-state index in [2.05, 4.69) is 37.6 Å². The molecule has 0 saturated carbocycles. The highest BCUT2D eigenvalue weighted by atomic mass is 79.9. The van der Waals surface area contributed by atoms with Gasteiger partial charge in [0.15, 0.2) is 88.7 Å². The zero-order valence-corrected chi connectivity index (χ0v) is 29.3.